The minimum Gasteiger partial charge on any atom is -0.478 e. The van der Waals surface area contributed by atoms with E-state index in [0.717, 1.165) is 38.9 Å². The van der Waals surface area contributed by atoms with Crippen LogP contribution in [0.15, 0.2) is 164 Å². The van der Waals surface area contributed by atoms with Crippen molar-refractivity contribution in [1.82, 2.24) is 10.6 Å². The number of ether oxygens (including phenoxy) is 2. The van der Waals surface area contributed by atoms with Crippen molar-refractivity contribution in [2.45, 2.75) is 36.9 Å². The predicted octanol–water partition coefficient (Wildman–Crippen LogP) is 8.22. The molecular formula is C47H40N2O7. The summed E-state index contributed by atoms with van der Waals surface area (Å²) in [5, 5.41) is 15.2. The van der Waals surface area contributed by atoms with Gasteiger partial charge in [0.1, 0.15) is 24.8 Å². The summed E-state index contributed by atoms with van der Waals surface area (Å²) < 4.78 is 11.4. The number of carbonyl (C=O) groups excluding carboxylic acids is 3. The molecule has 280 valence electrons. The van der Waals surface area contributed by atoms with Crippen molar-refractivity contribution in [3.05, 3.63) is 203 Å². The van der Waals surface area contributed by atoms with Gasteiger partial charge in [-0.2, -0.15) is 0 Å². The number of esters is 1. The Bertz CT molecular complexity index is 2170. The van der Waals surface area contributed by atoms with E-state index in [-0.39, 0.29) is 43.4 Å². The summed E-state index contributed by atoms with van der Waals surface area (Å²) in [7, 11) is 0. The largest absolute Gasteiger partial charge is 0.478 e. The van der Waals surface area contributed by atoms with Gasteiger partial charge in [-0.15, -0.1) is 0 Å². The molecule has 1 aliphatic carbocycles. The topological polar surface area (TPSA) is 131 Å². The Kier molecular flexibility index (Phi) is 11.3. The number of fused-ring (bicyclic) bond motifs is 3. The first-order chi connectivity index (χ1) is 27.3. The van der Waals surface area contributed by atoms with Crippen molar-refractivity contribution in [1.29, 1.82) is 0 Å². The minimum absolute atomic E-state index is 0.0335. The van der Waals surface area contributed by atoms with Gasteiger partial charge < -0.3 is 25.2 Å². The van der Waals surface area contributed by atoms with E-state index in [0.29, 0.717) is 5.56 Å². The molecule has 56 heavy (non-hydrogen) atoms. The molecule has 1 aliphatic rings. The summed E-state index contributed by atoms with van der Waals surface area (Å²) >= 11 is 0. The second kappa shape index (κ2) is 17.0. The summed E-state index contributed by atoms with van der Waals surface area (Å²) in [4.78, 5) is 52.6. The van der Waals surface area contributed by atoms with E-state index in [9.17, 15) is 24.3 Å². The lowest BCUT2D eigenvalue weighted by atomic mass is 9.77. The fourth-order valence-corrected chi connectivity index (χ4v) is 7.36. The molecule has 0 bridgehead atoms. The van der Waals surface area contributed by atoms with Gasteiger partial charge in [0.05, 0.1) is 5.56 Å². The van der Waals surface area contributed by atoms with Crippen molar-refractivity contribution in [2.24, 2.45) is 0 Å². The normalized spacial score (nSPS) is 12.4. The number of benzene rings is 6. The molecule has 0 heterocycles. The van der Waals surface area contributed by atoms with E-state index < -0.39 is 29.6 Å². The highest BCUT2D eigenvalue weighted by Crippen LogP contribution is 2.44. The van der Waals surface area contributed by atoms with Crippen LogP contribution in [0.2, 0.25) is 0 Å². The first kappa shape index (κ1) is 37.3. The van der Waals surface area contributed by atoms with Crippen LogP contribution in [0, 0.1) is 0 Å². The van der Waals surface area contributed by atoms with Crippen LogP contribution < -0.4 is 10.6 Å². The molecular weight excluding hydrogens is 705 g/mol. The molecule has 6 aromatic rings. The van der Waals surface area contributed by atoms with Gasteiger partial charge in [-0.1, -0.05) is 152 Å². The van der Waals surface area contributed by atoms with Crippen LogP contribution in [0.3, 0.4) is 0 Å². The Morgan fingerprint density at radius 3 is 1.59 bits per heavy atom. The van der Waals surface area contributed by atoms with Crippen LogP contribution in [0.1, 0.15) is 62.5 Å². The highest BCUT2D eigenvalue weighted by Gasteiger charge is 2.38. The molecule has 0 spiro atoms. The van der Waals surface area contributed by atoms with Crippen LogP contribution in [-0.4, -0.2) is 41.7 Å². The molecule has 3 N–H and O–H groups in total. The van der Waals surface area contributed by atoms with Gasteiger partial charge in [0.15, 0.2) is 0 Å². The van der Waals surface area contributed by atoms with Crippen molar-refractivity contribution in [2.75, 3.05) is 6.61 Å². The summed E-state index contributed by atoms with van der Waals surface area (Å²) in [6.45, 7) is -0.140. The maximum atomic E-state index is 14.1. The van der Waals surface area contributed by atoms with E-state index in [4.69, 9.17) is 9.47 Å². The van der Waals surface area contributed by atoms with Gasteiger partial charge in [-0.3, -0.25) is 4.79 Å². The lowest BCUT2D eigenvalue weighted by molar-refractivity contribution is -0.147. The Hall–Kier alpha value is -7.00. The van der Waals surface area contributed by atoms with Crippen molar-refractivity contribution in [3.8, 4) is 11.1 Å². The number of aromatic carboxylic acids is 1. The molecule has 6 aromatic carbocycles. The predicted molar refractivity (Wildman–Crippen MR) is 212 cm³/mol. The number of hydrogen-bond donors (Lipinski definition) is 3. The standard InChI is InChI=1S/C47H40N2O7/c50-43(49-47(34-14-4-1-5-15-34,35-16-6-2-7-17-35)36-18-8-3-9-19-36)29-28-42(45(53)55-30-32-24-26-33(27-25-32)44(51)52)48-46(54)56-31-41-39-22-12-10-20-37(39)38-21-11-13-23-40(38)41/h1-27,41-42H,28-31H2,(H,48,54)(H,49,50)(H,51,52)/t42-/m0/s1. The molecule has 0 fully saturated rings. The Morgan fingerprint density at radius 2 is 1.09 bits per heavy atom. The third-order valence-corrected chi connectivity index (χ3v) is 10.1. The average Bonchev–Trinajstić information content (AvgIpc) is 3.57. The molecule has 0 aliphatic heterocycles. The molecule has 0 unspecified atom stereocenters. The average molecular weight is 745 g/mol. The number of carboxylic acid groups (broad SMARTS) is 1. The van der Waals surface area contributed by atoms with E-state index in [1.807, 2.05) is 140 Å². The van der Waals surface area contributed by atoms with Gasteiger partial charge in [-0.05, 0) is 63.1 Å². The molecule has 1 atom stereocenters. The van der Waals surface area contributed by atoms with Crippen molar-refractivity contribution >= 4 is 23.9 Å². The first-order valence-electron chi connectivity index (χ1n) is 18.4. The number of hydrogen-bond acceptors (Lipinski definition) is 6. The fourth-order valence-electron chi connectivity index (χ4n) is 7.36. The number of alkyl carbamates (subject to hydrolysis) is 1. The van der Waals surface area contributed by atoms with Crippen molar-refractivity contribution in [3.63, 3.8) is 0 Å². The maximum Gasteiger partial charge on any atom is 0.407 e. The smallest absolute Gasteiger partial charge is 0.407 e. The first-order valence-corrected chi connectivity index (χ1v) is 18.4. The summed E-state index contributed by atoms with van der Waals surface area (Å²) in [5.74, 6) is -2.40. The zero-order valence-corrected chi connectivity index (χ0v) is 30.5. The van der Waals surface area contributed by atoms with Crippen LogP contribution in [-0.2, 0) is 31.2 Å². The zero-order valence-electron chi connectivity index (χ0n) is 30.5. The molecule has 0 saturated heterocycles. The second-order valence-electron chi connectivity index (χ2n) is 13.6. The third-order valence-electron chi connectivity index (χ3n) is 10.1. The van der Waals surface area contributed by atoms with Crippen molar-refractivity contribution < 1.29 is 33.8 Å². The van der Waals surface area contributed by atoms with Gasteiger partial charge in [-0.25, -0.2) is 14.4 Å². The fraction of sp³-hybridized carbons (Fsp3) is 0.149. The van der Waals surface area contributed by atoms with E-state index in [1.165, 1.54) is 12.1 Å². The SMILES string of the molecule is O=C(CC[C@H](NC(=O)OCC1c2ccccc2-c2ccccc21)C(=O)OCc1ccc(C(=O)O)cc1)NC(c1ccccc1)(c1ccccc1)c1ccccc1. The monoisotopic (exact) mass is 744 g/mol. The van der Waals surface area contributed by atoms with Gasteiger partial charge >= 0.3 is 18.0 Å². The lowest BCUT2D eigenvalue weighted by Crippen LogP contribution is -2.48. The number of nitrogens with one attached hydrogen (secondary N) is 2. The molecule has 0 radical (unpaired) electrons. The Labute approximate surface area is 324 Å². The number of amides is 2. The van der Waals surface area contributed by atoms with Gasteiger partial charge in [0.25, 0.3) is 0 Å². The summed E-state index contributed by atoms with van der Waals surface area (Å²) in [5.41, 5.74) is 6.35. The van der Waals surface area contributed by atoms with Crippen LogP contribution >= 0.6 is 0 Å². The second-order valence-corrected chi connectivity index (χ2v) is 13.6. The van der Waals surface area contributed by atoms with Gasteiger partial charge in [0, 0.05) is 12.3 Å². The van der Waals surface area contributed by atoms with Crippen LogP contribution in [0.5, 0.6) is 0 Å². The Morgan fingerprint density at radius 1 is 0.607 bits per heavy atom. The highest BCUT2D eigenvalue weighted by molar-refractivity contribution is 5.87. The minimum atomic E-state index is -1.24. The quantitative estimate of drug-likeness (QED) is 0.0757. The van der Waals surface area contributed by atoms with Crippen LogP contribution in [0.25, 0.3) is 11.1 Å². The molecule has 9 heteroatoms. The maximum absolute atomic E-state index is 14.1. The lowest BCUT2D eigenvalue weighted by Gasteiger charge is -2.37. The molecule has 7 rings (SSSR count). The molecule has 9 nitrogen and oxygen atoms in total. The Balaban J connectivity index is 1.10. The molecule has 0 saturated carbocycles. The highest BCUT2D eigenvalue weighted by atomic mass is 16.6. The number of carbonyl (C=O) groups is 4. The molecule has 0 aromatic heterocycles. The summed E-state index contributed by atoms with van der Waals surface area (Å²) in [6.07, 6.45) is -1.07. The van der Waals surface area contributed by atoms with E-state index in [1.54, 1.807) is 12.1 Å². The van der Waals surface area contributed by atoms with E-state index >= 15 is 0 Å². The zero-order chi connectivity index (χ0) is 38.9. The van der Waals surface area contributed by atoms with E-state index in [2.05, 4.69) is 10.6 Å². The molecule has 2 amide bonds. The number of rotatable bonds is 14. The van der Waals surface area contributed by atoms with Crippen LogP contribution in [0.4, 0.5) is 4.79 Å². The van der Waals surface area contributed by atoms with Gasteiger partial charge in [0.2, 0.25) is 5.91 Å². The number of carboxylic acids is 1. The third kappa shape index (κ3) is 8.07. The summed E-state index contributed by atoms with van der Waals surface area (Å²) in [6, 6.07) is 49.7.